The summed E-state index contributed by atoms with van der Waals surface area (Å²) in [7, 11) is 2.96. The summed E-state index contributed by atoms with van der Waals surface area (Å²) in [5.74, 6) is 0.0136. The van der Waals surface area contributed by atoms with Gasteiger partial charge in [-0.25, -0.2) is 0 Å². The zero-order valence-electron chi connectivity index (χ0n) is 19.6. The molecule has 0 saturated carbocycles. The SMILES string of the molecule is COc1cc(NC(=O)CCc2ccc([As]C(=O)Nc3ccc(F)cc3)cc2)c(C(C)=O)cc1OC. The van der Waals surface area contributed by atoms with Gasteiger partial charge in [-0.2, -0.15) is 0 Å². The second kappa shape index (κ2) is 12.2. The number of benzene rings is 3. The standard InChI is InChI=1S/C26H25AsFN2O5/c1-16(31)21-14-23(34-2)24(35-3)15-22(21)30-25(32)13-6-17-4-7-18(8-5-17)27-26(33)29-20-11-9-19(28)10-12-20/h4-5,7-12,14-15H,6,13H2,1-3H3,(H,29,33)(H,30,32). The molecule has 9 heteroatoms. The van der Waals surface area contributed by atoms with Crippen LogP contribution in [0.5, 0.6) is 11.5 Å². The van der Waals surface area contributed by atoms with E-state index < -0.39 is 15.8 Å². The molecule has 0 bridgehead atoms. The number of ether oxygens (including phenoxy) is 2. The first-order valence-electron chi connectivity index (χ1n) is 10.7. The third-order valence-corrected chi connectivity index (χ3v) is 6.91. The minimum absolute atomic E-state index is 0.115. The topological polar surface area (TPSA) is 93.7 Å². The van der Waals surface area contributed by atoms with E-state index in [1.54, 1.807) is 12.1 Å². The van der Waals surface area contributed by atoms with E-state index in [2.05, 4.69) is 10.6 Å². The minimum atomic E-state index is -0.772. The Labute approximate surface area is 209 Å². The van der Waals surface area contributed by atoms with Crippen LogP contribution in [-0.2, 0) is 11.2 Å². The fraction of sp³-hybridized carbons (Fsp3) is 0.192. The van der Waals surface area contributed by atoms with Crippen LogP contribution < -0.4 is 24.5 Å². The summed E-state index contributed by atoms with van der Waals surface area (Å²) >= 11 is -0.772. The molecule has 0 aliphatic carbocycles. The van der Waals surface area contributed by atoms with Crippen molar-refractivity contribution in [1.82, 2.24) is 0 Å². The van der Waals surface area contributed by atoms with Crippen LogP contribution in [0.2, 0.25) is 0 Å². The maximum absolute atomic E-state index is 13.0. The van der Waals surface area contributed by atoms with Crippen molar-refractivity contribution in [2.75, 3.05) is 24.9 Å². The summed E-state index contributed by atoms with van der Waals surface area (Å²) in [6.45, 7) is 1.42. The number of amides is 2. The third-order valence-electron chi connectivity index (χ3n) is 5.08. The predicted octanol–water partition coefficient (Wildman–Crippen LogP) is 4.18. The molecule has 0 heterocycles. The van der Waals surface area contributed by atoms with E-state index in [0.29, 0.717) is 34.9 Å². The average molecular weight is 539 g/mol. The minimum Gasteiger partial charge on any atom is -0.493 e. The number of aryl methyl sites for hydroxylation is 1. The van der Waals surface area contributed by atoms with Gasteiger partial charge in [-0.15, -0.1) is 0 Å². The number of methoxy groups -OCH3 is 2. The molecule has 0 spiro atoms. The Morgan fingerprint density at radius 3 is 2.11 bits per heavy atom. The molecule has 3 aromatic carbocycles. The van der Waals surface area contributed by atoms with Crippen molar-refractivity contribution in [2.45, 2.75) is 19.8 Å². The van der Waals surface area contributed by atoms with E-state index in [1.807, 2.05) is 24.3 Å². The Morgan fingerprint density at radius 2 is 1.51 bits per heavy atom. The molecule has 2 N–H and O–H groups in total. The number of anilines is 2. The number of Topliss-reactive ketones (excluding diaryl/α,β-unsaturated/α-hetero) is 1. The van der Waals surface area contributed by atoms with Crippen LogP contribution in [0.3, 0.4) is 0 Å². The van der Waals surface area contributed by atoms with E-state index >= 15 is 0 Å². The van der Waals surface area contributed by atoms with Gasteiger partial charge >= 0.3 is 191 Å². The molecule has 0 aliphatic heterocycles. The normalized spacial score (nSPS) is 10.7. The number of hydrogen-bond donors (Lipinski definition) is 2. The smallest absolute Gasteiger partial charge is 0.493 e. The third kappa shape index (κ3) is 7.42. The van der Waals surface area contributed by atoms with Gasteiger partial charge in [-0.1, -0.05) is 0 Å². The van der Waals surface area contributed by atoms with Crippen LogP contribution in [0.25, 0.3) is 0 Å². The first-order chi connectivity index (χ1) is 16.8. The van der Waals surface area contributed by atoms with Gasteiger partial charge in [0.1, 0.15) is 0 Å². The van der Waals surface area contributed by atoms with Gasteiger partial charge in [-0.3, -0.25) is 0 Å². The summed E-state index contributed by atoms with van der Waals surface area (Å²) in [4.78, 5) is 36.8. The molecule has 2 amide bonds. The molecule has 7 nitrogen and oxygen atoms in total. The van der Waals surface area contributed by atoms with E-state index in [0.717, 1.165) is 9.91 Å². The summed E-state index contributed by atoms with van der Waals surface area (Å²) < 4.78 is 24.3. The van der Waals surface area contributed by atoms with Crippen LogP contribution in [0.4, 0.5) is 20.6 Å². The molecule has 35 heavy (non-hydrogen) atoms. The van der Waals surface area contributed by atoms with E-state index in [1.165, 1.54) is 45.4 Å². The molecule has 0 saturated heterocycles. The van der Waals surface area contributed by atoms with Crippen LogP contribution in [-0.4, -0.2) is 46.4 Å². The molecule has 181 valence electrons. The monoisotopic (exact) mass is 539 g/mol. The van der Waals surface area contributed by atoms with Crippen molar-refractivity contribution in [3.63, 3.8) is 0 Å². The Bertz CT molecular complexity index is 1210. The van der Waals surface area contributed by atoms with E-state index in [-0.39, 0.29) is 28.6 Å². The van der Waals surface area contributed by atoms with Crippen LogP contribution in [0.15, 0.2) is 60.7 Å². The quantitative estimate of drug-likeness (QED) is 0.298. The molecule has 1 radical (unpaired) electrons. The number of rotatable bonds is 10. The molecular formula is C26H25AsFN2O5. The van der Waals surface area contributed by atoms with E-state index in [9.17, 15) is 18.8 Å². The fourth-order valence-corrected chi connectivity index (χ4v) is 4.79. The molecule has 0 aromatic heterocycles. The van der Waals surface area contributed by atoms with Gasteiger partial charge in [0.25, 0.3) is 0 Å². The second-order valence-electron chi connectivity index (χ2n) is 7.57. The molecule has 0 unspecified atom stereocenters. The molecular weight excluding hydrogens is 514 g/mol. The number of halogens is 1. The summed E-state index contributed by atoms with van der Waals surface area (Å²) in [6.07, 6.45) is 0.705. The Hall–Kier alpha value is -3.64. The van der Waals surface area contributed by atoms with Crippen molar-refractivity contribution in [2.24, 2.45) is 0 Å². The van der Waals surface area contributed by atoms with Crippen molar-refractivity contribution < 1.29 is 28.2 Å². The number of ketones is 1. The van der Waals surface area contributed by atoms with Gasteiger partial charge in [0.2, 0.25) is 0 Å². The van der Waals surface area contributed by atoms with Crippen molar-refractivity contribution in [1.29, 1.82) is 0 Å². The molecule has 0 fully saturated rings. The maximum atomic E-state index is 13.0. The Kier molecular flexibility index (Phi) is 9.03. The zero-order chi connectivity index (χ0) is 25.4. The van der Waals surface area contributed by atoms with Gasteiger partial charge in [0, 0.05) is 0 Å². The van der Waals surface area contributed by atoms with Gasteiger partial charge in [0.15, 0.2) is 0 Å². The van der Waals surface area contributed by atoms with Gasteiger partial charge in [0.05, 0.1) is 14.2 Å². The Morgan fingerprint density at radius 1 is 0.886 bits per heavy atom. The van der Waals surface area contributed by atoms with Crippen LogP contribution >= 0.6 is 0 Å². The van der Waals surface area contributed by atoms with Crippen molar-refractivity contribution in [3.8, 4) is 11.5 Å². The molecule has 3 aromatic rings. The summed E-state index contributed by atoms with van der Waals surface area (Å²) in [5.41, 5.74) is 2.20. The number of carbonyl (C=O) groups excluding carboxylic acids is 3. The molecule has 0 aliphatic rings. The van der Waals surface area contributed by atoms with Gasteiger partial charge in [-0.05, 0) is 0 Å². The first kappa shape index (κ1) is 26.0. The second-order valence-corrected chi connectivity index (χ2v) is 9.98. The average Bonchev–Trinajstić information content (AvgIpc) is 2.84. The molecule has 0 atom stereocenters. The first-order valence-corrected chi connectivity index (χ1v) is 12.6. The Balaban J connectivity index is 1.55. The number of nitrogens with one attached hydrogen (secondary N) is 2. The number of hydrogen-bond acceptors (Lipinski definition) is 5. The van der Waals surface area contributed by atoms with Gasteiger partial charge < -0.3 is 4.74 Å². The number of carbonyl (C=O) groups is 3. The summed E-state index contributed by atoms with van der Waals surface area (Å²) in [5, 5.41) is 5.55. The van der Waals surface area contributed by atoms with E-state index in [4.69, 9.17) is 9.47 Å². The summed E-state index contributed by atoms with van der Waals surface area (Å²) in [6, 6.07) is 16.3. The van der Waals surface area contributed by atoms with Crippen molar-refractivity contribution >= 4 is 47.9 Å². The van der Waals surface area contributed by atoms with Crippen LogP contribution in [0.1, 0.15) is 29.3 Å². The van der Waals surface area contributed by atoms with Crippen molar-refractivity contribution in [3.05, 3.63) is 77.6 Å². The van der Waals surface area contributed by atoms with Crippen LogP contribution in [0, 0.1) is 5.82 Å². The molecule has 3 rings (SSSR count). The zero-order valence-corrected chi connectivity index (χ0v) is 21.4. The predicted molar refractivity (Wildman–Crippen MR) is 134 cm³/mol. The fourth-order valence-electron chi connectivity index (χ4n) is 3.28.